The van der Waals surface area contributed by atoms with Crippen LogP contribution in [0.2, 0.25) is 0 Å². The Labute approximate surface area is 205 Å². The van der Waals surface area contributed by atoms with Gasteiger partial charge >= 0.3 is 5.97 Å². The zero-order valence-electron chi connectivity index (χ0n) is 18.8. The lowest BCUT2D eigenvalue weighted by molar-refractivity contribution is -0.121. The van der Waals surface area contributed by atoms with Crippen LogP contribution >= 0.6 is 22.6 Å². The van der Waals surface area contributed by atoms with Crippen molar-refractivity contribution < 1.29 is 14.3 Å². The van der Waals surface area contributed by atoms with Crippen molar-refractivity contribution in [2.75, 3.05) is 0 Å². The Bertz CT molecular complexity index is 866. The molecule has 0 saturated heterocycles. The Morgan fingerprint density at radius 2 is 1.53 bits per heavy atom. The molecule has 2 aromatic rings. The lowest BCUT2D eigenvalue weighted by atomic mass is 10.1. The van der Waals surface area contributed by atoms with Crippen molar-refractivity contribution in [2.24, 2.45) is 5.10 Å². The Morgan fingerprint density at radius 3 is 2.19 bits per heavy atom. The molecular weight excluding hydrogens is 515 g/mol. The molecular formula is C26H33IN2O3. The molecule has 1 amide bonds. The van der Waals surface area contributed by atoms with Crippen molar-refractivity contribution in [1.29, 1.82) is 0 Å². The second-order valence-corrected chi connectivity index (χ2v) is 8.97. The van der Waals surface area contributed by atoms with Gasteiger partial charge in [-0.3, -0.25) is 4.79 Å². The molecule has 0 fully saturated rings. The third-order valence-corrected chi connectivity index (χ3v) is 6.04. The molecule has 0 aliphatic carbocycles. The molecule has 0 saturated carbocycles. The molecule has 0 aliphatic rings. The number of hydrogen-bond acceptors (Lipinski definition) is 4. The van der Waals surface area contributed by atoms with Gasteiger partial charge in [-0.1, -0.05) is 70.4 Å². The van der Waals surface area contributed by atoms with Gasteiger partial charge in [-0.05, 0) is 71.0 Å². The maximum absolute atomic E-state index is 12.3. The highest BCUT2D eigenvalue weighted by Gasteiger charge is 2.11. The highest BCUT2D eigenvalue weighted by Crippen LogP contribution is 2.17. The highest BCUT2D eigenvalue weighted by atomic mass is 127. The Hall–Kier alpha value is -2.22. The third kappa shape index (κ3) is 10.4. The molecule has 5 nitrogen and oxygen atoms in total. The molecule has 2 rings (SSSR count). The molecule has 0 atom stereocenters. The number of ether oxygens (including phenoxy) is 1. The van der Waals surface area contributed by atoms with Gasteiger partial charge in [-0.2, -0.15) is 5.10 Å². The molecule has 1 N–H and O–H groups in total. The van der Waals surface area contributed by atoms with Gasteiger partial charge in [0, 0.05) is 9.99 Å². The number of amides is 1. The molecule has 0 bridgehead atoms. The zero-order chi connectivity index (χ0) is 23.0. The number of hydrogen-bond donors (Lipinski definition) is 1. The quantitative estimate of drug-likeness (QED) is 0.0699. The summed E-state index contributed by atoms with van der Waals surface area (Å²) in [5, 5.41) is 4.01. The highest BCUT2D eigenvalue weighted by molar-refractivity contribution is 14.1. The van der Waals surface area contributed by atoms with Gasteiger partial charge in [-0.25, -0.2) is 10.2 Å². The summed E-state index contributed by atoms with van der Waals surface area (Å²) in [6.45, 7) is 2.23. The van der Waals surface area contributed by atoms with E-state index in [9.17, 15) is 9.59 Å². The summed E-state index contributed by atoms with van der Waals surface area (Å²) in [4.78, 5) is 24.2. The summed E-state index contributed by atoms with van der Waals surface area (Å²) >= 11 is 2.11. The Kier molecular flexibility index (Phi) is 12.7. The predicted molar refractivity (Wildman–Crippen MR) is 138 cm³/mol. The maximum atomic E-state index is 12.3. The number of halogens is 1. The van der Waals surface area contributed by atoms with Crippen molar-refractivity contribution in [3.63, 3.8) is 0 Å². The molecule has 0 unspecified atom stereocenters. The molecule has 0 spiro atoms. The second-order valence-electron chi connectivity index (χ2n) is 7.81. The van der Waals surface area contributed by atoms with Crippen LogP contribution < -0.4 is 10.2 Å². The smallest absolute Gasteiger partial charge is 0.344 e. The van der Waals surface area contributed by atoms with Crippen molar-refractivity contribution in [1.82, 2.24) is 5.43 Å². The molecule has 172 valence electrons. The van der Waals surface area contributed by atoms with E-state index in [4.69, 9.17) is 4.74 Å². The van der Waals surface area contributed by atoms with Crippen LogP contribution in [0.1, 0.15) is 87.1 Å². The van der Waals surface area contributed by atoms with Crippen LogP contribution in [0, 0.1) is 3.57 Å². The van der Waals surface area contributed by atoms with E-state index < -0.39 is 0 Å². The average molecular weight is 548 g/mol. The molecule has 0 radical (unpaired) electrons. The molecule has 0 heterocycles. The fourth-order valence-electron chi connectivity index (χ4n) is 3.24. The standard InChI is InChI=1S/C26H33IN2O3/c1-2-3-4-5-6-7-8-9-10-15-25(30)29-28-20-21-16-18-22(19-17-21)32-26(31)23-13-11-12-14-24(23)27/h11-14,16-20H,2-10,15H2,1H3,(H,29,30)/b28-20-. The predicted octanol–water partition coefficient (Wildman–Crippen LogP) is 6.88. The van der Waals surface area contributed by atoms with Gasteiger partial charge in [0.25, 0.3) is 0 Å². The summed E-state index contributed by atoms with van der Waals surface area (Å²) in [6.07, 6.45) is 13.1. The minimum absolute atomic E-state index is 0.0628. The second kappa shape index (κ2) is 15.6. The minimum Gasteiger partial charge on any atom is -0.423 e. The first-order chi connectivity index (χ1) is 15.6. The van der Waals surface area contributed by atoms with Gasteiger partial charge in [0.1, 0.15) is 5.75 Å². The number of unbranched alkanes of at least 4 members (excludes halogenated alkanes) is 8. The van der Waals surface area contributed by atoms with Gasteiger partial charge in [0.2, 0.25) is 5.91 Å². The zero-order valence-corrected chi connectivity index (χ0v) is 21.0. The van der Waals surface area contributed by atoms with E-state index in [-0.39, 0.29) is 11.9 Å². The van der Waals surface area contributed by atoms with Crippen LogP contribution in [0.4, 0.5) is 0 Å². The van der Waals surface area contributed by atoms with E-state index in [2.05, 4.69) is 40.0 Å². The van der Waals surface area contributed by atoms with E-state index in [1.54, 1.807) is 36.5 Å². The summed E-state index contributed by atoms with van der Waals surface area (Å²) in [6, 6.07) is 14.3. The number of rotatable bonds is 14. The first-order valence-electron chi connectivity index (χ1n) is 11.5. The number of nitrogens with one attached hydrogen (secondary N) is 1. The fourth-order valence-corrected chi connectivity index (χ4v) is 3.85. The SMILES string of the molecule is CCCCCCCCCCCC(=O)N/N=C\c1ccc(OC(=O)c2ccccc2I)cc1. The van der Waals surface area contributed by atoms with E-state index >= 15 is 0 Å². The van der Waals surface area contributed by atoms with Gasteiger partial charge in [0.15, 0.2) is 0 Å². The van der Waals surface area contributed by atoms with Gasteiger partial charge in [0.05, 0.1) is 11.8 Å². The summed E-state index contributed by atoms with van der Waals surface area (Å²) in [7, 11) is 0. The average Bonchev–Trinajstić information content (AvgIpc) is 2.79. The molecule has 2 aromatic carbocycles. The van der Waals surface area contributed by atoms with E-state index in [1.165, 1.54) is 44.9 Å². The number of esters is 1. The Balaban J connectivity index is 1.63. The lowest BCUT2D eigenvalue weighted by Gasteiger charge is -2.06. The van der Waals surface area contributed by atoms with Crippen molar-refractivity contribution in [2.45, 2.75) is 71.1 Å². The summed E-state index contributed by atoms with van der Waals surface area (Å²) < 4.78 is 6.26. The monoisotopic (exact) mass is 548 g/mol. The van der Waals surface area contributed by atoms with Crippen LogP contribution in [0.3, 0.4) is 0 Å². The Morgan fingerprint density at radius 1 is 0.906 bits per heavy atom. The molecule has 0 aromatic heterocycles. The summed E-state index contributed by atoms with van der Waals surface area (Å²) in [5.41, 5.74) is 3.92. The molecule has 32 heavy (non-hydrogen) atoms. The van der Waals surface area contributed by atoms with E-state index in [0.29, 0.717) is 17.7 Å². The van der Waals surface area contributed by atoms with Crippen molar-refractivity contribution >= 4 is 40.7 Å². The maximum Gasteiger partial charge on any atom is 0.344 e. The number of benzene rings is 2. The van der Waals surface area contributed by atoms with E-state index in [0.717, 1.165) is 22.0 Å². The van der Waals surface area contributed by atoms with Crippen LogP contribution in [0.25, 0.3) is 0 Å². The largest absolute Gasteiger partial charge is 0.423 e. The van der Waals surface area contributed by atoms with Crippen molar-refractivity contribution in [3.05, 3.63) is 63.2 Å². The first kappa shape index (κ1) is 26.0. The van der Waals surface area contributed by atoms with Crippen LogP contribution in [-0.4, -0.2) is 18.1 Å². The van der Waals surface area contributed by atoms with Gasteiger partial charge in [-0.15, -0.1) is 0 Å². The fraction of sp³-hybridized carbons (Fsp3) is 0.423. The topological polar surface area (TPSA) is 67.8 Å². The van der Waals surface area contributed by atoms with Crippen LogP contribution in [0.15, 0.2) is 53.6 Å². The third-order valence-electron chi connectivity index (χ3n) is 5.09. The van der Waals surface area contributed by atoms with Gasteiger partial charge < -0.3 is 4.74 Å². The number of nitrogens with zero attached hydrogens (tertiary/aromatic N) is 1. The van der Waals surface area contributed by atoms with E-state index in [1.807, 2.05) is 18.2 Å². The number of hydrazone groups is 1. The van der Waals surface area contributed by atoms with Crippen molar-refractivity contribution in [3.8, 4) is 5.75 Å². The first-order valence-corrected chi connectivity index (χ1v) is 12.6. The molecule has 0 aliphatic heterocycles. The van der Waals surface area contributed by atoms with Crippen LogP contribution in [-0.2, 0) is 4.79 Å². The lowest BCUT2D eigenvalue weighted by Crippen LogP contribution is -2.16. The normalized spacial score (nSPS) is 10.9. The summed E-state index contributed by atoms with van der Waals surface area (Å²) in [5.74, 6) is 0.00795. The minimum atomic E-state index is -0.389. The van der Waals surface area contributed by atoms with Crippen LogP contribution in [0.5, 0.6) is 5.75 Å². The number of carbonyl (C=O) groups is 2. The number of carbonyl (C=O) groups excluding carboxylic acids is 2. The molecule has 6 heteroatoms.